The van der Waals surface area contributed by atoms with Gasteiger partial charge >= 0.3 is 12.1 Å². The summed E-state index contributed by atoms with van der Waals surface area (Å²) in [5.74, 6) is -0.178. The summed E-state index contributed by atoms with van der Waals surface area (Å²) >= 11 is 6.14. The first-order valence-electron chi connectivity index (χ1n) is 10.0. The molecule has 168 valence electrons. The van der Waals surface area contributed by atoms with E-state index in [1.54, 1.807) is 30.3 Å². The van der Waals surface area contributed by atoms with Gasteiger partial charge < -0.3 is 9.84 Å². The van der Waals surface area contributed by atoms with Gasteiger partial charge in [0.05, 0.1) is 12.0 Å². The molecule has 0 fully saturated rings. The predicted octanol–water partition coefficient (Wildman–Crippen LogP) is 7.95. The Labute approximate surface area is 193 Å². The van der Waals surface area contributed by atoms with Crippen LogP contribution in [0.5, 0.6) is 11.5 Å². The monoisotopic (exact) mass is 470 g/mol. The van der Waals surface area contributed by atoms with Gasteiger partial charge in [-0.25, -0.2) is 0 Å². The molecule has 1 aliphatic carbocycles. The van der Waals surface area contributed by atoms with Gasteiger partial charge in [0.1, 0.15) is 11.5 Å². The fourth-order valence-corrected chi connectivity index (χ4v) is 3.99. The molecule has 0 saturated carbocycles. The van der Waals surface area contributed by atoms with Crippen LogP contribution in [0.15, 0.2) is 72.3 Å². The van der Waals surface area contributed by atoms with Crippen LogP contribution in [0.3, 0.4) is 0 Å². The van der Waals surface area contributed by atoms with Crippen molar-refractivity contribution < 1.29 is 27.8 Å². The molecule has 0 spiro atoms. The highest BCUT2D eigenvalue weighted by Gasteiger charge is 2.30. The second-order valence-corrected chi connectivity index (χ2v) is 8.06. The van der Waals surface area contributed by atoms with E-state index in [9.17, 15) is 23.1 Å². The fourth-order valence-electron chi connectivity index (χ4n) is 3.82. The predicted molar refractivity (Wildman–Crippen MR) is 122 cm³/mol. The topological polar surface area (TPSA) is 46.5 Å². The molecule has 3 aromatic rings. The standard InChI is InChI=1S/C26H18ClF3O3/c1-15-22(21-10-7-18(27)13-24(21)23(15)14-25(31)32)12-16-3-2-4-20(11-16)33-19-8-5-17(6-9-19)26(28,29)30/h2-13H,14H2,1H3,(H,31,32)/b22-12-. The van der Waals surface area contributed by atoms with Gasteiger partial charge in [-0.3, -0.25) is 4.79 Å². The van der Waals surface area contributed by atoms with Crippen LogP contribution in [0.2, 0.25) is 5.02 Å². The number of ether oxygens (including phenoxy) is 1. The highest BCUT2D eigenvalue weighted by Crippen LogP contribution is 2.44. The minimum atomic E-state index is -4.41. The quantitative estimate of drug-likeness (QED) is 0.411. The number of carbonyl (C=O) groups is 1. The van der Waals surface area contributed by atoms with Crippen molar-refractivity contribution in [3.63, 3.8) is 0 Å². The number of carboxylic acid groups (broad SMARTS) is 1. The first-order valence-corrected chi connectivity index (χ1v) is 10.4. The number of aliphatic carboxylic acids is 1. The summed E-state index contributed by atoms with van der Waals surface area (Å²) in [6.45, 7) is 1.88. The Morgan fingerprint density at radius 3 is 2.39 bits per heavy atom. The maximum Gasteiger partial charge on any atom is 0.416 e. The highest BCUT2D eigenvalue weighted by atomic mass is 35.5. The second kappa shape index (κ2) is 8.79. The van der Waals surface area contributed by atoms with Crippen molar-refractivity contribution in [3.05, 3.63) is 99.6 Å². The van der Waals surface area contributed by atoms with Gasteiger partial charge in [-0.2, -0.15) is 13.2 Å². The van der Waals surface area contributed by atoms with Gasteiger partial charge in [-0.15, -0.1) is 0 Å². The van der Waals surface area contributed by atoms with Crippen molar-refractivity contribution in [1.82, 2.24) is 0 Å². The molecule has 0 unspecified atom stereocenters. The van der Waals surface area contributed by atoms with Crippen LogP contribution in [-0.2, 0) is 11.0 Å². The first kappa shape index (κ1) is 22.7. The summed E-state index contributed by atoms with van der Waals surface area (Å²) in [4.78, 5) is 11.4. The molecule has 1 N–H and O–H groups in total. The lowest BCUT2D eigenvalue weighted by Gasteiger charge is -2.10. The minimum absolute atomic E-state index is 0.117. The molecule has 0 heterocycles. The van der Waals surface area contributed by atoms with E-state index in [4.69, 9.17) is 16.3 Å². The van der Waals surface area contributed by atoms with Crippen molar-refractivity contribution in [3.8, 4) is 11.5 Å². The van der Waals surface area contributed by atoms with Gasteiger partial charge in [0, 0.05) is 5.02 Å². The number of alkyl halides is 3. The van der Waals surface area contributed by atoms with Gasteiger partial charge in [-0.1, -0.05) is 29.8 Å². The number of fused-ring (bicyclic) bond motifs is 1. The molecule has 0 atom stereocenters. The summed E-state index contributed by atoms with van der Waals surface area (Å²) in [6.07, 6.45) is -2.60. The minimum Gasteiger partial charge on any atom is -0.481 e. The second-order valence-electron chi connectivity index (χ2n) is 7.62. The number of halogens is 4. The lowest BCUT2D eigenvalue weighted by Crippen LogP contribution is -2.03. The van der Waals surface area contributed by atoms with E-state index in [1.807, 2.05) is 25.1 Å². The van der Waals surface area contributed by atoms with E-state index in [2.05, 4.69) is 0 Å². The molecular formula is C26H18ClF3O3. The average molecular weight is 471 g/mol. The molecule has 33 heavy (non-hydrogen) atoms. The number of carboxylic acids is 1. The summed E-state index contributed by atoms with van der Waals surface area (Å²) in [7, 11) is 0. The Morgan fingerprint density at radius 1 is 1.00 bits per heavy atom. The van der Waals surface area contributed by atoms with E-state index in [-0.39, 0.29) is 12.2 Å². The van der Waals surface area contributed by atoms with E-state index >= 15 is 0 Å². The zero-order valence-corrected chi connectivity index (χ0v) is 18.2. The number of hydrogen-bond donors (Lipinski definition) is 1. The van der Waals surface area contributed by atoms with Gasteiger partial charge in [0.25, 0.3) is 0 Å². The Kier molecular flexibility index (Phi) is 6.04. The first-order chi connectivity index (χ1) is 15.6. The van der Waals surface area contributed by atoms with Crippen molar-refractivity contribution in [2.75, 3.05) is 0 Å². The van der Waals surface area contributed by atoms with Gasteiger partial charge in [-0.05, 0) is 94.9 Å². The molecule has 7 heteroatoms. The van der Waals surface area contributed by atoms with Crippen molar-refractivity contribution in [2.24, 2.45) is 0 Å². The SMILES string of the molecule is CC1=C(CC(=O)O)c2cc(Cl)ccc2/C1=C\c1cccc(Oc2ccc(C(F)(F)F)cc2)c1. The lowest BCUT2D eigenvalue weighted by molar-refractivity contribution is -0.138. The molecule has 0 aliphatic heterocycles. The van der Waals surface area contributed by atoms with E-state index in [1.165, 1.54) is 12.1 Å². The summed E-state index contributed by atoms with van der Waals surface area (Å²) in [5, 5.41) is 9.86. The van der Waals surface area contributed by atoms with Crippen LogP contribution >= 0.6 is 11.6 Å². The summed E-state index contributed by atoms with van der Waals surface area (Å²) in [5.41, 5.74) is 4.18. The third kappa shape index (κ3) is 4.96. The van der Waals surface area contributed by atoms with Crippen LogP contribution in [0.4, 0.5) is 13.2 Å². The average Bonchev–Trinajstić information content (AvgIpc) is 2.98. The van der Waals surface area contributed by atoms with E-state index in [0.717, 1.165) is 40.0 Å². The Balaban J connectivity index is 1.66. The molecule has 0 radical (unpaired) electrons. The highest BCUT2D eigenvalue weighted by molar-refractivity contribution is 6.31. The van der Waals surface area contributed by atoms with Crippen molar-refractivity contribution >= 4 is 34.8 Å². The zero-order valence-electron chi connectivity index (χ0n) is 17.4. The molecule has 0 aromatic heterocycles. The maximum absolute atomic E-state index is 12.8. The number of rotatable bonds is 5. The van der Waals surface area contributed by atoms with E-state index < -0.39 is 17.7 Å². The van der Waals surface area contributed by atoms with Crippen LogP contribution in [0, 0.1) is 0 Å². The number of hydrogen-bond acceptors (Lipinski definition) is 2. The number of allylic oxidation sites excluding steroid dienone is 2. The molecule has 4 rings (SSSR count). The molecule has 3 aromatic carbocycles. The largest absolute Gasteiger partial charge is 0.481 e. The van der Waals surface area contributed by atoms with Crippen LogP contribution in [0.1, 0.15) is 35.6 Å². The molecule has 0 saturated heterocycles. The normalized spacial score (nSPS) is 14.5. The molecule has 1 aliphatic rings. The van der Waals surface area contributed by atoms with Crippen LogP contribution in [0.25, 0.3) is 17.2 Å². The van der Waals surface area contributed by atoms with Crippen LogP contribution < -0.4 is 4.74 Å². The lowest BCUT2D eigenvalue weighted by atomic mass is 10.0. The molecule has 3 nitrogen and oxygen atoms in total. The number of benzene rings is 3. The Morgan fingerprint density at radius 2 is 1.73 bits per heavy atom. The maximum atomic E-state index is 12.8. The summed E-state index contributed by atoms with van der Waals surface area (Å²) in [6, 6.07) is 17.0. The molecule has 0 bridgehead atoms. The molecule has 0 amide bonds. The van der Waals surface area contributed by atoms with Crippen molar-refractivity contribution in [1.29, 1.82) is 0 Å². The van der Waals surface area contributed by atoms with Gasteiger partial charge in [0.15, 0.2) is 0 Å². The third-order valence-corrected chi connectivity index (χ3v) is 5.60. The third-order valence-electron chi connectivity index (χ3n) is 5.37. The van der Waals surface area contributed by atoms with E-state index in [0.29, 0.717) is 16.3 Å². The Bertz CT molecular complexity index is 1290. The Hall–Kier alpha value is -3.51. The zero-order chi connectivity index (χ0) is 23.8. The smallest absolute Gasteiger partial charge is 0.416 e. The molecular weight excluding hydrogens is 453 g/mol. The van der Waals surface area contributed by atoms with Crippen LogP contribution in [-0.4, -0.2) is 11.1 Å². The van der Waals surface area contributed by atoms with Crippen molar-refractivity contribution in [2.45, 2.75) is 19.5 Å². The summed E-state index contributed by atoms with van der Waals surface area (Å²) < 4.78 is 44.0. The van der Waals surface area contributed by atoms with Gasteiger partial charge in [0.2, 0.25) is 0 Å². The fraction of sp³-hybridized carbons (Fsp3) is 0.115.